The van der Waals surface area contributed by atoms with E-state index < -0.39 is 0 Å². The maximum Gasteiger partial charge on any atom is 0.149 e. The molecule has 11 rings (SSSR count). The van der Waals surface area contributed by atoms with Crippen molar-refractivity contribution in [2.45, 2.75) is 12.8 Å². The van der Waals surface area contributed by atoms with E-state index >= 15 is 0 Å². The van der Waals surface area contributed by atoms with Crippen LogP contribution in [0.2, 0.25) is 0 Å². The Morgan fingerprint density at radius 2 is 1.27 bits per heavy atom. The van der Waals surface area contributed by atoms with Crippen LogP contribution in [0.5, 0.6) is 5.75 Å². The van der Waals surface area contributed by atoms with E-state index in [9.17, 15) is 5.11 Å². The van der Waals surface area contributed by atoms with Gasteiger partial charge in [0.2, 0.25) is 0 Å². The van der Waals surface area contributed by atoms with Gasteiger partial charge in [0.25, 0.3) is 0 Å². The number of benzene rings is 7. The maximum atomic E-state index is 12.0. The number of aryl methyl sites for hydroxylation is 2. The number of furan rings is 1. The zero-order chi connectivity index (χ0) is 36.5. The van der Waals surface area contributed by atoms with E-state index in [-0.39, 0.29) is 26.8 Å². The van der Waals surface area contributed by atoms with Gasteiger partial charge in [0, 0.05) is 54.5 Å². The summed E-state index contributed by atoms with van der Waals surface area (Å²) in [6.45, 7) is 0. The molecule has 0 fully saturated rings. The molecule has 0 amide bonds. The van der Waals surface area contributed by atoms with Gasteiger partial charge in [-0.1, -0.05) is 133 Å². The molecule has 270 valence electrons. The molecular weight excluding hydrogens is 870 g/mol. The number of phenolic OH excluding ortho intramolecular Hbond substituents is 1. The minimum absolute atomic E-state index is 0. The van der Waals surface area contributed by atoms with Crippen LogP contribution in [-0.4, -0.2) is 19.6 Å². The standard InChI is InChI=1S/C50H32N3O2.Pt/c54-42-28-29-44-45(40-22-11-12-25-43(40)55-44)46(42)50-51-41(48-38-21-10-9-20-37(38)39-27-26-33-18-7-8-19-34(33)47(39)52-48)30-53(50)49-35(31-14-3-1-4-15-31)23-13-24-36(49)32-16-5-2-6-17-32;/h1-18,20-25,28-30,54H,26-27H2;/q-1;. The average Bonchev–Trinajstić information content (AvgIpc) is 3.86. The minimum atomic E-state index is 0. The molecule has 10 aromatic rings. The number of rotatable bonds is 5. The molecule has 0 unspecified atom stereocenters. The molecule has 0 aliphatic heterocycles. The summed E-state index contributed by atoms with van der Waals surface area (Å²) >= 11 is 0. The van der Waals surface area contributed by atoms with Crippen molar-refractivity contribution >= 4 is 32.7 Å². The normalized spacial score (nSPS) is 12.1. The Balaban J connectivity index is 0.00000384. The Hall–Kier alpha value is -6.55. The van der Waals surface area contributed by atoms with E-state index in [4.69, 9.17) is 14.4 Å². The Morgan fingerprint density at radius 1 is 0.589 bits per heavy atom. The van der Waals surface area contributed by atoms with Gasteiger partial charge in [-0.2, -0.15) is 0 Å². The molecule has 6 heteroatoms. The molecule has 0 atom stereocenters. The summed E-state index contributed by atoms with van der Waals surface area (Å²) < 4.78 is 8.54. The predicted octanol–water partition coefficient (Wildman–Crippen LogP) is 12.3. The van der Waals surface area contributed by atoms with Crippen LogP contribution in [0.15, 0.2) is 168 Å². The van der Waals surface area contributed by atoms with Crippen molar-refractivity contribution in [1.29, 1.82) is 0 Å². The smallest absolute Gasteiger partial charge is 0.149 e. The summed E-state index contributed by atoms with van der Waals surface area (Å²) in [5.74, 6) is 0.698. The van der Waals surface area contributed by atoms with Crippen LogP contribution >= 0.6 is 0 Å². The number of nitrogens with zero attached hydrogens (tertiary/aromatic N) is 3. The maximum absolute atomic E-state index is 12.0. The molecule has 1 aliphatic carbocycles. The van der Waals surface area contributed by atoms with Crippen molar-refractivity contribution in [3.63, 3.8) is 0 Å². The van der Waals surface area contributed by atoms with E-state index in [1.807, 2.05) is 48.5 Å². The summed E-state index contributed by atoms with van der Waals surface area (Å²) in [6, 6.07) is 57.1. The van der Waals surface area contributed by atoms with Gasteiger partial charge in [-0.15, -0.1) is 35.4 Å². The second-order valence-corrected chi connectivity index (χ2v) is 14.1. The summed E-state index contributed by atoms with van der Waals surface area (Å²) in [7, 11) is 0. The number of pyridine rings is 1. The summed E-state index contributed by atoms with van der Waals surface area (Å²) in [5, 5.41) is 15.9. The molecular formula is C50H32N3O2Pt-. The number of imidazole rings is 1. The number of para-hydroxylation sites is 2. The van der Waals surface area contributed by atoms with E-state index in [0.717, 1.165) is 79.5 Å². The molecule has 7 aromatic carbocycles. The van der Waals surface area contributed by atoms with Crippen molar-refractivity contribution in [3.05, 3.63) is 181 Å². The fourth-order valence-corrected chi connectivity index (χ4v) is 8.51. The van der Waals surface area contributed by atoms with Gasteiger partial charge in [-0.05, 0) is 46.8 Å². The molecule has 1 N–H and O–H groups in total. The number of fused-ring (bicyclic) bond motifs is 8. The van der Waals surface area contributed by atoms with Crippen LogP contribution in [0.1, 0.15) is 11.1 Å². The first-order valence-electron chi connectivity index (χ1n) is 18.6. The molecule has 0 saturated carbocycles. The Kier molecular flexibility index (Phi) is 8.27. The largest absolute Gasteiger partial charge is 0.507 e. The number of aromatic nitrogens is 3. The number of aromatic hydroxyl groups is 1. The van der Waals surface area contributed by atoms with Gasteiger partial charge in [-0.3, -0.25) is 9.55 Å². The molecule has 0 saturated heterocycles. The fourth-order valence-electron chi connectivity index (χ4n) is 8.51. The van der Waals surface area contributed by atoms with Crippen LogP contribution in [0.3, 0.4) is 0 Å². The second-order valence-electron chi connectivity index (χ2n) is 14.1. The first kappa shape index (κ1) is 34.0. The molecule has 0 radical (unpaired) electrons. The third kappa shape index (κ3) is 5.34. The molecule has 1 aliphatic rings. The molecule has 3 aromatic heterocycles. The first-order chi connectivity index (χ1) is 27.2. The van der Waals surface area contributed by atoms with Gasteiger partial charge in [-0.25, -0.2) is 4.98 Å². The summed E-state index contributed by atoms with van der Waals surface area (Å²) in [5.41, 5.74) is 13.1. The van der Waals surface area contributed by atoms with Crippen LogP contribution in [0.25, 0.3) is 94.7 Å². The fraction of sp³-hybridized carbons (Fsp3) is 0.0400. The SMILES string of the molecule is Oc1ccc2oc3ccccc3c2c1-c1nc(-c2nc3c(c4ccccc24)CCc2ccc[c-]c2-3)cn1-c1c(-c2ccccc2)cccc1-c1ccccc1.[Pt]. The van der Waals surface area contributed by atoms with Gasteiger partial charge >= 0.3 is 0 Å². The monoisotopic (exact) mass is 901 g/mol. The summed E-state index contributed by atoms with van der Waals surface area (Å²) in [6.07, 6.45) is 3.95. The van der Waals surface area contributed by atoms with Gasteiger partial charge in [0.15, 0.2) is 0 Å². The van der Waals surface area contributed by atoms with Crippen molar-refractivity contribution < 1.29 is 30.6 Å². The van der Waals surface area contributed by atoms with Crippen molar-refractivity contribution in [2.24, 2.45) is 0 Å². The van der Waals surface area contributed by atoms with Crippen molar-refractivity contribution in [1.82, 2.24) is 14.5 Å². The number of hydrogen-bond donors (Lipinski definition) is 1. The van der Waals surface area contributed by atoms with E-state index in [1.165, 1.54) is 16.5 Å². The summed E-state index contributed by atoms with van der Waals surface area (Å²) in [4.78, 5) is 11.0. The Bertz CT molecular complexity index is 3050. The van der Waals surface area contributed by atoms with Crippen LogP contribution in [0.4, 0.5) is 0 Å². The molecule has 3 heterocycles. The predicted molar refractivity (Wildman–Crippen MR) is 221 cm³/mol. The van der Waals surface area contributed by atoms with Crippen LogP contribution < -0.4 is 0 Å². The van der Waals surface area contributed by atoms with Crippen molar-refractivity contribution in [3.8, 4) is 67.7 Å². The molecule has 56 heavy (non-hydrogen) atoms. The van der Waals surface area contributed by atoms with Gasteiger partial charge < -0.3 is 9.52 Å². The number of hydrogen-bond acceptors (Lipinski definition) is 4. The Morgan fingerprint density at radius 3 is 2.02 bits per heavy atom. The van der Waals surface area contributed by atoms with E-state index in [0.29, 0.717) is 22.7 Å². The topological polar surface area (TPSA) is 64.1 Å². The second kappa shape index (κ2) is 13.6. The first-order valence-corrected chi connectivity index (χ1v) is 18.6. The third-order valence-corrected chi connectivity index (χ3v) is 11.0. The zero-order valence-corrected chi connectivity index (χ0v) is 32.3. The number of phenols is 1. The van der Waals surface area contributed by atoms with Gasteiger partial charge in [0.05, 0.1) is 16.9 Å². The molecule has 0 spiro atoms. The zero-order valence-electron chi connectivity index (χ0n) is 30.0. The van der Waals surface area contributed by atoms with E-state index in [1.54, 1.807) is 6.07 Å². The molecule has 0 bridgehead atoms. The average molecular weight is 902 g/mol. The van der Waals surface area contributed by atoms with Crippen molar-refractivity contribution in [2.75, 3.05) is 0 Å². The Labute approximate surface area is 337 Å². The minimum Gasteiger partial charge on any atom is -0.507 e. The van der Waals surface area contributed by atoms with Crippen LogP contribution in [-0.2, 0) is 33.9 Å². The van der Waals surface area contributed by atoms with Crippen LogP contribution in [0, 0.1) is 6.07 Å². The van der Waals surface area contributed by atoms with Gasteiger partial charge in [0.1, 0.15) is 28.4 Å². The third-order valence-electron chi connectivity index (χ3n) is 11.0. The quantitative estimate of drug-likeness (QED) is 0.175. The van der Waals surface area contributed by atoms with E-state index in [2.05, 4.69) is 120 Å². The molecule has 5 nitrogen and oxygen atoms in total.